The molecule has 1 saturated heterocycles. The first kappa shape index (κ1) is 16.8. The fourth-order valence-electron chi connectivity index (χ4n) is 2.87. The number of rotatable bonds is 6. The lowest BCUT2D eigenvalue weighted by molar-refractivity contribution is -0.128. The highest BCUT2D eigenvalue weighted by molar-refractivity contribution is 5.81. The van der Waals surface area contributed by atoms with Crippen molar-refractivity contribution < 1.29 is 9.53 Å². The molecule has 1 aliphatic heterocycles. The zero-order chi connectivity index (χ0) is 15.9. The quantitative estimate of drug-likeness (QED) is 0.878. The number of benzene rings is 1. The largest absolute Gasteiger partial charge is 0.481 e. The topological polar surface area (TPSA) is 41.6 Å². The van der Waals surface area contributed by atoms with E-state index in [2.05, 4.69) is 17.1 Å². The van der Waals surface area contributed by atoms with E-state index in [-0.39, 0.29) is 11.9 Å². The Hall–Kier alpha value is -1.55. The Morgan fingerprint density at radius 3 is 2.68 bits per heavy atom. The fourth-order valence-corrected chi connectivity index (χ4v) is 2.87. The monoisotopic (exact) mass is 304 g/mol. The summed E-state index contributed by atoms with van der Waals surface area (Å²) in [6, 6.07) is 8.07. The summed E-state index contributed by atoms with van der Waals surface area (Å²) in [6.07, 6.45) is 2.79. The highest BCUT2D eigenvalue weighted by Gasteiger charge is 2.23. The highest BCUT2D eigenvalue weighted by atomic mass is 16.5. The summed E-state index contributed by atoms with van der Waals surface area (Å²) >= 11 is 0. The van der Waals surface area contributed by atoms with E-state index in [1.54, 1.807) is 0 Å². The Kier molecular flexibility index (Phi) is 6.25. The van der Waals surface area contributed by atoms with Crippen molar-refractivity contribution in [2.24, 2.45) is 0 Å². The summed E-state index contributed by atoms with van der Waals surface area (Å²) in [4.78, 5) is 14.8. The van der Waals surface area contributed by atoms with Gasteiger partial charge >= 0.3 is 0 Å². The van der Waals surface area contributed by atoms with Crippen LogP contribution in [-0.4, -0.2) is 42.6 Å². The number of likely N-dealkylation sites (tertiary alicyclic amines) is 1. The number of ether oxygens (including phenoxy) is 1. The Morgan fingerprint density at radius 1 is 1.36 bits per heavy atom. The normalized spacial score (nSPS) is 18.0. The van der Waals surface area contributed by atoms with Crippen molar-refractivity contribution in [1.29, 1.82) is 0 Å². The second-order valence-corrected chi connectivity index (χ2v) is 6.15. The first-order valence-electron chi connectivity index (χ1n) is 8.35. The summed E-state index contributed by atoms with van der Waals surface area (Å²) < 4.78 is 5.79. The van der Waals surface area contributed by atoms with E-state index in [1.807, 2.05) is 38.1 Å². The van der Waals surface area contributed by atoms with Crippen LogP contribution in [0.2, 0.25) is 0 Å². The number of para-hydroxylation sites is 1. The Labute approximate surface area is 133 Å². The number of amides is 1. The summed E-state index contributed by atoms with van der Waals surface area (Å²) in [7, 11) is 0. The maximum atomic E-state index is 12.3. The van der Waals surface area contributed by atoms with E-state index in [0.29, 0.717) is 0 Å². The van der Waals surface area contributed by atoms with Gasteiger partial charge in [0.15, 0.2) is 6.10 Å². The molecule has 1 fully saturated rings. The molecule has 1 aliphatic rings. The molecule has 1 atom stereocenters. The molecule has 0 aliphatic carbocycles. The number of carbonyl (C=O) groups excluding carboxylic acids is 1. The molecule has 0 aromatic heterocycles. The van der Waals surface area contributed by atoms with E-state index in [0.717, 1.165) is 43.8 Å². The van der Waals surface area contributed by atoms with Crippen molar-refractivity contribution in [2.75, 3.05) is 19.6 Å². The summed E-state index contributed by atoms with van der Waals surface area (Å²) in [5.74, 6) is 0.764. The third kappa shape index (κ3) is 4.73. The van der Waals surface area contributed by atoms with Gasteiger partial charge in [-0.25, -0.2) is 0 Å². The zero-order valence-corrected chi connectivity index (χ0v) is 14.0. The van der Waals surface area contributed by atoms with Crippen molar-refractivity contribution in [3.8, 4) is 5.75 Å². The molecule has 4 heteroatoms. The molecule has 122 valence electrons. The van der Waals surface area contributed by atoms with Gasteiger partial charge in [0, 0.05) is 19.1 Å². The van der Waals surface area contributed by atoms with Gasteiger partial charge in [-0.3, -0.25) is 4.79 Å². The fraction of sp³-hybridized carbons (Fsp3) is 0.611. The SMILES string of the molecule is CCCN1CCC(NC(=O)[C@H](C)Oc2ccccc2C)CC1. The molecule has 2 rings (SSSR count). The third-order valence-corrected chi connectivity index (χ3v) is 4.24. The van der Waals surface area contributed by atoms with Gasteiger partial charge in [-0.1, -0.05) is 25.1 Å². The van der Waals surface area contributed by atoms with Crippen LogP contribution in [0.1, 0.15) is 38.7 Å². The summed E-state index contributed by atoms with van der Waals surface area (Å²) in [6.45, 7) is 9.32. The molecule has 4 nitrogen and oxygen atoms in total. The Morgan fingerprint density at radius 2 is 2.05 bits per heavy atom. The van der Waals surface area contributed by atoms with Gasteiger partial charge < -0.3 is 15.0 Å². The van der Waals surface area contributed by atoms with E-state index in [4.69, 9.17) is 4.74 Å². The molecule has 1 heterocycles. The molecule has 0 radical (unpaired) electrons. The van der Waals surface area contributed by atoms with E-state index < -0.39 is 6.10 Å². The van der Waals surface area contributed by atoms with Crippen LogP contribution in [0.25, 0.3) is 0 Å². The maximum Gasteiger partial charge on any atom is 0.260 e. The molecule has 1 amide bonds. The van der Waals surface area contributed by atoms with Gasteiger partial charge in [0.2, 0.25) is 0 Å². The number of hydrogen-bond acceptors (Lipinski definition) is 3. The molecule has 22 heavy (non-hydrogen) atoms. The van der Waals surface area contributed by atoms with Crippen LogP contribution < -0.4 is 10.1 Å². The third-order valence-electron chi connectivity index (χ3n) is 4.24. The number of nitrogens with zero attached hydrogens (tertiary/aromatic N) is 1. The number of nitrogens with one attached hydrogen (secondary N) is 1. The zero-order valence-electron chi connectivity index (χ0n) is 14.0. The van der Waals surface area contributed by atoms with Crippen molar-refractivity contribution in [1.82, 2.24) is 10.2 Å². The predicted octanol–water partition coefficient (Wildman–Crippen LogP) is 2.75. The first-order valence-corrected chi connectivity index (χ1v) is 8.35. The average Bonchev–Trinajstić information content (AvgIpc) is 2.51. The van der Waals surface area contributed by atoms with Crippen LogP contribution in [0, 0.1) is 6.92 Å². The minimum absolute atomic E-state index is 0.0165. The van der Waals surface area contributed by atoms with Gasteiger partial charge in [0.25, 0.3) is 5.91 Å². The molecule has 1 aromatic carbocycles. The molecular formula is C18H28N2O2. The standard InChI is InChI=1S/C18H28N2O2/c1-4-11-20-12-9-16(10-13-20)19-18(21)15(3)22-17-8-6-5-7-14(17)2/h5-8,15-16H,4,9-13H2,1-3H3,(H,19,21)/t15-/m0/s1. The minimum atomic E-state index is -0.463. The minimum Gasteiger partial charge on any atom is -0.481 e. The molecular weight excluding hydrogens is 276 g/mol. The number of carbonyl (C=O) groups is 1. The van der Waals surface area contributed by atoms with Crippen LogP contribution in [-0.2, 0) is 4.79 Å². The van der Waals surface area contributed by atoms with Crippen LogP contribution in [0.3, 0.4) is 0 Å². The van der Waals surface area contributed by atoms with Gasteiger partial charge in [-0.2, -0.15) is 0 Å². The predicted molar refractivity (Wildman–Crippen MR) is 89.2 cm³/mol. The Balaban J connectivity index is 1.79. The highest BCUT2D eigenvalue weighted by Crippen LogP contribution is 2.18. The van der Waals surface area contributed by atoms with E-state index in [9.17, 15) is 4.79 Å². The molecule has 0 bridgehead atoms. The smallest absolute Gasteiger partial charge is 0.260 e. The molecule has 0 unspecified atom stereocenters. The lowest BCUT2D eigenvalue weighted by Crippen LogP contribution is -2.48. The lowest BCUT2D eigenvalue weighted by atomic mass is 10.0. The second-order valence-electron chi connectivity index (χ2n) is 6.15. The van der Waals surface area contributed by atoms with E-state index >= 15 is 0 Å². The first-order chi connectivity index (χ1) is 10.6. The number of hydrogen-bond donors (Lipinski definition) is 1. The second kappa shape index (κ2) is 8.18. The van der Waals surface area contributed by atoms with Crippen molar-refractivity contribution >= 4 is 5.91 Å². The van der Waals surface area contributed by atoms with Crippen LogP contribution in [0.5, 0.6) is 5.75 Å². The molecule has 1 aromatic rings. The summed E-state index contributed by atoms with van der Waals surface area (Å²) in [5.41, 5.74) is 1.05. The van der Waals surface area contributed by atoms with E-state index in [1.165, 1.54) is 6.42 Å². The summed E-state index contributed by atoms with van der Waals surface area (Å²) in [5, 5.41) is 3.13. The van der Waals surface area contributed by atoms with Crippen LogP contribution in [0.15, 0.2) is 24.3 Å². The van der Waals surface area contributed by atoms with Gasteiger partial charge in [-0.05, 0) is 51.3 Å². The average molecular weight is 304 g/mol. The van der Waals surface area contributed by atoms with Gasteiger partial charge in [0.1, 0.15) is 5.75 Å². The maximum absolute atomic E-state index is 12.3. The number of aryl methyl sites for hydroxylation is 1. The lowest BCUT2D eigenvalue weighted by Gasteiger charge is -2.32. The molecule has 1 N–H and O–H groups in total. The van der Waals surface area contributed by atoms with Crippen molar-refractivity contribution in [3.63, 3.8) is 0 Å². The van der Waals surface area contributed by atoms with Gasteiger partial charge in [0.05, 0.1) is 0 Å². The Bertz CT molecular complexity index is 482. The van der Waals surface area contributed by atoms with Crippen molar-refractivity contribution in [2.45, 2.75) is 52.2 Å². The van der Waals surface area contributed by atoms with Crippen LogP contribution >= 0.6 is 0 Å². The number of piperidine rings is 1. The van der Waals surface area contributed by atoms with Gasteiger partial charge in [-0.15, -0.1) is 0 Å². The van der Waals surface area contributed by atoms with Crippen LogP contribution in [0.4, 0.5) is 0 Å². The molecule has 0 spiro atoms. The molecule has 0 saturated carbocycles. The van der Waals surface area contributed by atoms with Crippen molar-refractivity contribution in [3.05, 3.63) is 29.8 Å².